The van der Waals surface area contributed by atoms with Crippen LogP contribution >= 0.6 is 0 Å². The highest BCUT2D eigenvalue weighted by molar-refractivity contribution is 5.90. The van der Waals surface area contributed by atoms with Crippen molar-refractivity contribution < 1.29 is 19.4 Å². The van der Waals surface area contributed by atoms with Crippen LogP contribution in [0.25, 0.3) is 0 Å². The molecule has 22 heavy (non-hydrogen) atoms. The predicted molar refractivity (Wildman–Crippen MR) is 86.4 cm³/mol. The number of carbonyl (C=O) groups excluding carboxylic acids is 1. The summed E-state index contributed by atoms with van der Waals surface area (Å²) in [6.07, 6.45) is 1.62. The number of nitrogens with one attached hydrogen (secondary N) is 1. The molecule has 0 aliphatic carbocycles. The molecule has 1 aromatic rings. The first kappa shape index (κ1) is 18.3. The van der Waals surface area contributed by atoms with E-state index in [0.29, 0.717) is 37.7 Å². The second kappa shape index (κ2) is 10.9. The number of hydrogen-bond donors (Lipinski definition) is 2. The van der Waals surface area contributed by atoms with Crippen molar-refractivity contribution in [2.75, 3.05) is 45.3 Å². The Morgan fingerprint density at radius 3 is 2.73 bits per heavy atom. The lowest BCUT2D eigenvalue weighted by molar-refractivity contribution is 0.172. The van der Waals surface area contributed by atoms with E-state index in [1.807, 2.05) is 25.1 Å². The highest BCUT2D eigenvalue weighted by Gasteiger charge is 2.14. The summed E-state index contributed by atoms with van der Waals surface area (Å²) in [6.45, 7) is 4.01. The Morgan fingerprint density at radius 1 is 1.27 bits per heavy atom. The van der Waals surface area contributed by atoms with Crippen LogP contribution in [0.1, 0.15) is 19.8 Å². The van der Waals surface area contributed by atoms with Crippen molar-refractivity contribution >= 4 is 11.7 Å². The van der Waals surface area contributed by atoms with Crippen molar-refractivity contribution in [1.29, 1.82) is 0 Å². The van der Waals surface area contributed by atoms with Crippen molar-refractivity contribution in [1.82, 2.24) is 4.90 Å². The van der Waals surface area contributed by atoms with E-state index in [-0.39, 0.29) is 12.6 Å². The zero-order valence-corrected chi connectivity index (χ0v) is 13.4. The molecular formula is C16H26N2O4. The van der Waals surface area contributed by atoms with Gasteiger partial charge in [0.25, 0.3) is 0 Å². The molecule has 0 radical (unpaired) electrons. The minimum Gasteiger partial charge on any atom is -0.491 e. The molecule has 0 aromatic heterocycles. The molecule has 0 saturated carbocycles. The zero-order valence-electron chi connectivity index (χ0n) is 13.4. The monoisotopic (exact) mass is 310 g/mol. The zero-order chi connectivity index (χ0) is 16.2. The van der Waals surface area contributed by atoms with E-state index in [0.717, 1.165) is 12.8 Å². The Bertz CT molecular complexity index is 434. The molecule has 124 valence electrons. The van der Waals surface area contributed by atoms with Crippen LogP contribution in [0.3, 0.4) is 0 Å². The van der Waals surface area contributed by atoms with Gasteiger partial charge >= 0.3 is 6.03 Å². The fraction of sp³-hybridized carbons (Fsp3) is 0.562. The third-order valence-electron chi connectivity index (χ3n) is 3.03. The molecule has 0 unspecified atom stereocenters. The molecule has 1 aromatic carbocycles. The second-order valence-corrected chi connectivity index (χ2v) is 4.83. The average molecular weight is 310 g/mol. The van der Waals surface area contributed by atoms with Gasteiger partial charge in [-0.05, 0) is 18.6 Å². The maximum Gasteiger partial charge on any atom is 0.322 e. The second-order valence-electron chi connectivity index (χ2n) is 4.83. The molecule has 6 nitrogen and oxygen atoms in total. The maximum absolute atomic E-state index is 12.2. The number of benzene rings is 1. The van der Waals surface area contributed by atoms with E-state index in [1.54, 1.807) is 18.1 Å². The van der Waals surface area contributed by atoms with Gasteiger partial charge in [0.2, 0.25) is 0 Å². The van der Waals surface area contributed by atoms with E-state index < -0.39 is 0 Å². The highest BCUT2D eigenvalue weighted by atomic mass is 16.5. The molecule has 0 aliphatic rings. The van der Waals surface area contributed by atoms with Gasteiger partial charge in [0.1, 0.15) is 5.75 Å². The molecule has 2 N–H and O–H groups in total. The van der Waals surface area contributed by atoms with Gasteiger partial charge in [0.15, 0.2) is 0 Å². The van der Waals surface area contributed by atoms with Crippen molar-refractivity contribution in [3.8, 4) is 5.75 Å². The predicted octanol–water partition coefficient (Wildman–Crippen LogP) is 2.34. The number of para-hydroxylation sites is 2. The van der Waals surface area contributed by atoms with Gasteiger partial charge in [-0.3, -0.25) is 0 Å². The lowest BCUT2D eigenvalue weighted by Crippen LogP contribution is -2.37. The number of ether oxygens (including phenoxy) is 2. The Morgan fingerprint density at radius 2 is 2.05 bits per heavy atom. The molecule has 0 fully saturated rings. The number of carbonyl (C=O) groups is 1. The summed E-state index contributed by atoms with van der Waals surface area (Å²) in [6, 6.07) is 7.08. The summed E-state index contributed by atoms with van der Waals surface area (Å²) in [4.78, 5) is 13.8. The van der Waals surface area contributed by atoms with Crippen molar-refractivity contribution in [2.45, 2.75) is 19.8 Å². The Hall–Kier alpha value is -1.79. The normalized spacial score (nSPS) is 10.3. The molecule has 0 bridgehead atoms. The summed E-state index contributed by atoms with van der Waals surface area (Å²) < 4.78 is 10.7. The highest BCUT2D eigenvalue weighted by Crippen LogP contribution is 2.24. The summed E-state index contributed by atoms with van der Waals surface area (Å²) in [7, 11) is 1.65. The lowest BCUT2D eigenvalue weighted by Gasteiger charge is -2.22. The molecule has 1 rings (SSSR count). The fourth-order valence-electron chi connectivity index (χ4n) is 1.98. The lowest BCUT2D eigenvalue weighted by atomic mass is 10.3. The number of hydrogen-bond acceptors (Lipinski definition) is 4. The average Bonchev–Trinajstić information content (AvgIpc) is 2.52. The molecule has 0 saturated heterocycles. The van der Waals surface area contributed by atoms with Crippen molar-refractivity contribution in [3.63, 3.8) is 0 Å². The SMILES string of the molecule is CCCN(CCO)C(=O)Nc1ccccc1OCCCOC. The van der Waals surface area contributed by atoms with E-state index in [4.69, 9.17) is 14.6 Å². The molecule has 0 spiro atoms. The smallest absolute Gasteiger partial charge is 0.322 e. The van der Waals surface area contributed by atoms with E-state index in [9.17, 15) is 4.79 Å². The topological polar surface area (TPSA) is 71.0 Å². The fourth-order valence-corrected chi connectivity index (χ4v) is 1.98. The minimum atomic E-state index is -0.233. The number of aliphatic hydroxyl groups is 1. The van der Waals surface area contributed by atoms with Crippen molar-refractivity contribution in [2.24, 2.45) is 0 Å². The van der Waals surface area contributed by atoms with Gasteiger partial charge in [-0.15, -0.1) is 0 Å². The first-order chi connectivity index (χ1) is 10.7. The van der Waals surface area contributed by atoms with Gasteiger partial charge in [0, 0.05) is 33.2 Å². The quantitative estimate of drug-likeness (QED) is 0.651. The Labute approximate surface area is 132 Å². The van der Waals surface area contributed by atoms with Crippen LogP contribution < -0.4 is 10.1 Å². The first-order valence-electron chi connectivity index (χ1n) is 7.60. The number of amides is 2. The summed E-state index contributed by atoms with van der Waals surface area (Å²) >= 11 is 0. The summed E-state index contributed by atoms with van der Waals surface area (Å²) in [5.41, 5.74) is 0.629. The van der Waals surface area contributed by atoms with Crippen molar-refractivity contribution in [3.05, 3.63) is 24.3 Å². The van der Waals surface area contributed by atoms with Crippen LogP contribution in [-0.2, 0) is 4.74 Å². The summed E-state index contributed by atoms with van der Waals surface area (Å²) in [5, 5.41) is 11.9. The Kier molecular flexibility index (Phi) is 9.02. The third-order valence-corrected chi connectivity index (χ3v) is 3.03. The minimum absolute atomic E-state index is 0.0530. The summed E-state index contributed by atoms with van der Waals surface area (Å²) in [5.74, 6) is 0.632. The van der Waals surface area contributed by atoms with Crippen LogP contribution in [0.4, 0.5) is 10.5 Å². The molecule has 0 heterocycles. The van der Waals surface area contributed by atoms with Crippen LogP contribution in [0.15, 0.2) is 24.3 Å². The number of nitrogens with zero attached hydrogens (tertiary/aromatic N) is 1. The molecular weight excluding hydrogens is 284 g/mol. The molecule has 0 aliphatic heterocycles. The molecule has 6 heteroatoms. The van der Waals surface area contributed by atoms with E-state index in [2.05, 4.69) is 5.32 Å². The standard InChI is InChI=1S/C16H26N2O4/c1-3-9-18(10-11-19)16(20)17-14-7-4-5-8-15(14)22-13-6-12-21-2/h4-5,7-8,19H,3,6,9-13H2,1-2H3,(H,17,20). The third kappa shape index (κ3) is 6.32. The van der Waals surface area contributed by atoms with Crippen LogP contribution in [0.2, 0.25) is 0 Å². The first-order valence-corrected chi connectivity index (χ1v) is 7.60. The van der Waals surface area contributed by atoms with Gasteiger partial charge in [-0.1, -0.05) is 19.1 Å². The van der Waals surface area contributed by atoms with Crippen LogP contribution in [0, 0.1) is 0 Å². The van der Waals surface area contributed by atoms with Gasteiger partial charge < -0.3 is 24.8 Å². The number of aliphatic hydroxyl groups excluding tert-OH is 1. The van der Waals surface area contributed by atoms with E-state index in [1.165, 1.54) is 0 Å². The van der Waals surface area contributed by atoms with Crippen LogP contribution in [-0.4, -0.2) is 56.1 Å². The van der Waals surface area contributed by atoms with Gasteiger partial charge in [-0.25, -0.2) is 4.79 Å². The van der Waals surface area contributed by atoms with E-state index >= 15 is 0 Å². The number of methoxy groups -OCH3 is 1. The number of rotatable bonds is 10. The van der Waals surface area contributed by atoms with Crippen LogP contribution in [0.5, 0.6) is 5.75 Å². The maximum atomic E-state index is 12.2. The molecule has 2 amide bonds. The molecule has 0 atom stereocenters. The largest absolute Gasteiger partial charge is 0.491 e. The van der Waals surface area contributed by atoms with Gasteiger partial charge in [0.05, 0.1) is 18.9 Å². The van der Waals surface area contributed by atoms with Gasteiger partial charge in [-0.2, -0.15) is 0 Å². The Balaban J connectivity index is 2.64. The number of urea groups is 1. The number of anilines is 1.